The highest BCUT2D eigenvalue weighted by Gasteiger charge is 2.07. The van der Waals surface area contributed by atoms with E-state index in [1.807, 2.05) is 0 Å². The van der Waals surface area contributed by atoms with Gasteiger partial charge in [0.25, 0.3) is 0 Å². The van der Waals surface area contributed by atoms with E-state index in [2.05, 4.69) is 13.6 Å². The molecule has 0 N–H and O–H groups in total. The van der Waals surface area contributed by atoms with Crippen LogP contribution in [0.2, 0.25) is 0 Å². The van der Waals surface area contributed by atoms with Crippen LogP contribution in [0, 0.1) is 0 Å². The maximum absolute atomic E-state index is 7.25. The molecule has 0 rings (SSSR count). The fraction of sp³-hybridized carbons (Fsp3) is 1.00. The predicted octanol–water partition coefficient (Wildman–Crippen LogP) is 2.32. The van der Waals surface area contributed by atoms with Crippen LogP contribution in [0.3, 0.4) is 0 Å². The second-order valence-corrected chi connectivity index (χ2v) is 1.80. The summed E-state index contributed by atoms with van der Waals surface area (Å²) in [6.45, 7) is -21.1. The van der Waals surface area contributed by atoms with Crippen LogP contribution in [-0.4, -0.2) is 19.7 Å². The third kappa shape index (κ3) is 5.12. The van der Waals surface area contributed by atoms with Crippen LogP contribution in [0.1, 0.15) is 41.1 Å². The summed E-state index contributed by atoms with van der Waals surface area (Å²) in [7, 11) is -3.72. The van der Waals surface area contributed by atoms with Gasteiger partial charge in [-0.05, 0) is 20.6 Å². The van der Waals surface area contributed by atoms with Crippen LogP contribution in [0.5, 0.6) is 0 Å². The topological polar surface area (TPSA) is 27.7 Å². The van der Waals surface area contributed by atoms with Crippen molar-refractivity contribution in [3.8, 4) is 0 Å². The Bertz CT molecular complexity index is 383. The zero-order valence-corrected chi connectivity index (χ0v) is 5.57. The van der Waals surface area contributed by atoms with Crippen LogP contribution in [-0.2, 0) is 13.6 Å². The molecule has 62 valence electrons. The van der Waals surface area contributed by atoms with Crippen molar-refractivity contribution in [3.63, 3.8) is 0 Å². The van der Waals surface area contributed by atoms with Gasteiger partial charge in [-0.25, -0.2) is 0 Å². The van der Waals surface area contributed by atoms with Crippen molar-refractivity contribution in [2.45, 2.75) is 20.6 Å². The van der Waals surface area contributed by atoms with Gasteiger partial charge in [0.2, 0.25) is 0 Å². The van der Waals surface area contributed by atoms with E-state index in [1.54, 1.807) is 0 Å². The Morgan fingerprint density at radius 3 is 1.80 bits per heavy atom. The summed E-state index contributed by atoms with van der Waals surface area (Å²) in [6.07, 6.45) is 0. The highest BCUT2D eigenvalue weighted by Crippen LogP contribution is 2.38. The number of rotatable bonds is 6. The molecular formula is C6H15O3P. The molecule has 0 unspecified atom stereocenters. The van der Waals surface area contributed by atoms with Crippen molar-refractivity contribution in [1.29, 1.82) is 0 Å². The second-order valence-electron chi connectivity index (χ2n) is 0.804. The summed E-state index contributed by atoms with van der Waals surface area (Å²) < 4.78 is 119. The van der Waals surface area contributed by atoms with Crippen LogP contribution in [0.25, 0.3) is 0 Å². The molecule has 0 aliphatic carbocycles. The smallest absolute Gasteiger partial charge is 0.313 e. The molecule has 0 radical (unpaired) electrons. The molecule has 10 heavy (non-hydrogen) atoms. The Kier molecular flexibility index (Phi) is 1.12. The average Bonchev–Trinajstić information content (AvgIpc) is 2.21. The van der Waals surface area contributed by atoms with Crippen molar-refractivity contribution < 1.29 is 34.1 Å². The largest absolute Gasteiger partial charge is 0.332 e. The van der Waals surface area contributed by atoms with Gasteiger partial charge in [0.05, 0.1) is 27.9 Å². The molecule has 0 aromatic heterocycles. The summed E-state index contributed by atoms with van der Waals surface area (Å²) in [5.41, 5.74) is 0. The Hall–Kier alpha value is 0.310. The first-order valence-electron chi connectivity index (χ1n) is 9.41. The fourth-order valence-electron chi connectivity index (χ4n) is 0.168. The monoisotopic (exact) mass is 181 g/mol. The van der Waals surface area contributed by atoms with E-state index in [4.69, 9.17) is 20.6 Å². The van der Waals surface area contributed by atoms with Crippen molar-refractivity contribution in [1.82, 2.24) is 0 Å². The molecule has 0 saturated heterocycles. The van der Waals surface area contributed by atoms with Gasteiger partial charge in [0.15, 0.2) is 0 Å². The van der Waals surface area contributed by atoms with E-state index in [9.17, 15) is 0 Å². The Morgan fingerprint density at radius 1 is 1.10 bits per heavy atom. The molecule has 0 bridgehead atoms. The highest BCUT2D eigenvalue weighted by atomic mass is 31.2. The Labute approximate surface area is 84.7 Å². The zero-order chi connectivity index (χ0) is 20.7. The van der Waals surface area contributed by atoms with Crippen LogP contribution >= 0.6 is 8.60 Å². The molecular weight excluding hydrogens is 151 g/mol. The molecule has 0 amide bonds. The van der Waals surface area contributed by atoms with Crippen molar-refractivity contribution in [2.75, 3.05) is 19.7 Å². The Morgan fingerprint density at radius 2 is 1.50 bits per heavy atom. The first-order valence-corrected chi connectivity index (χ1v) is 3.01. The van der Waals surface area contributed by atoms with Crippen molar-refractivity contribution in [3.05, 3.63) is 0 Å². The minimum atomic E-state index is -3.72. The standard InChI is InChI=1S/C6H15O3P/c1-4-7-10(8-5-2)9-6-3/h4-6H2,1-3H3/i1D3,2D3,3D3,4D2,5D2,6D2. The zero-order valence-electron chi connectivity index (χ0n) is 19.7. The summed E-state index contributed by atoms with van der Waals surface area (Å²) in [4.78, 5) is 0. The molecule has 0 aliphatic heterocycles. The van der Waals surface area contributed by atoms with E-state index in [0.29, 0.717) is 0 Å². The quantitative estimate of drug-likeness (QED) is 0.588. The van der Waals surface area contributed by atoms with Gasteiger partial charge >= 0.3 is 8.60 Å². The molecule has 0 atom stereocenters. The van der Waals surface area contributed by atoms with E-state index in [0.717, 1.165) is 0 Å². The number of hydrogen-bond donors (Lipinski definition) is 0. The van der Waals surface area contributed by atoms with Gasteiger partial charge < -0.3 is 13.6 Å². The predicted molar refractivity (Wildman–Crippen MR) is 41.8 cm³/mol. The first kappa shape index (κ1) is 1.51. The lowest BCUT2D eigenvalue weighted by atomic mass is 10.9. The lowest BCUT2D eigenvalue weighted by Crippen LogP contribution is -1.94. The van der Waals surface area contributed by atoms with E-state index in [-0.39, 0.29) is 0 Å². The van der Waals surface area contributed by atoms with Gasteiger partial charge in [-0.3, -0.25) is 0 Å². The summed E-state index contributed by atoms with van der Waals surface area (Å²) in [5, 5.41) is 0. The molecule has 0 aromatic rings. The summed E-state index contributed by atoms with van der Waals surface area (Å²) in [6, 6.07) is 0. The minimum Gasteiger partial charge on any atom is -0.313 e. The molecule has 0 heterocycles. The van der Waals surface area contributed by atoms with Gasteiger partial charge in [0, 0.05) is 12.3 Å². The third-order valence-electron chi connectivity index (χ3n) is 0.361. The maximum Gasteiger partial charge on any atom is 0.332 e. The van der Waals surface area contributed by atoms with E-state index in [1.165, 1.54) is 0 Å². The van der Waals surface area contributed by atoms with Gasteiger partial charge in [-0.1, -0.05) is 0 Å². The lowest BCUT2D eigenvalue weighted by Gasteiger charge is -2.12. The van der Waals surface area contributed by atoms with Crippen LogP contribution in [0.4, 0.5) is 0 Å². The SMILES string of the molecule is [2H]C([2H])([2H])C([2H])([2H])OP(OC([2H])([2H])C([2H])([2H])[2H])OC([2H])([2H])C([2H])([2H])[2H]. The van der Waals surface area contributed by atoms with Crippen LogP contribution < -0.4 is 0 Å². The van der Waals surface area contributed by atoms with Crippen molar-refractivity contribution >= 4 is 8.60 Å². The average molecular weight is 181 g/mol. The number of hydrogen-bond acceptors (Lipinski definition) is 3. The molecule has 0 spiro atoms. The first-order chi connectivity index (χ1) is 10.5. The van der Waals surface area contributed by atoms with Crippen molar-refractivity contribution in [2.24, 2.45) is 0 Å². The van der Waals surface area contributed by atoms with Gasteiger partial charge in [0.1, 0.15) is 0 Å². The molecule has 3 nitrogen and oxygen atoms in total. The molecule has 0 saturated carbocycles. The normalized spacial score (nSPS) is 41.1. The van der Waals surface area contributed by atoms with Crippen LogP contribution in [0.15, 0.2) is 0 Å². The van der Waals surface area contributed by atoms with E-state index < -0.39 is 48.8 Å². The minimum absolute atomic E-state index is 3.47. The summed E-state index contributed by atoms with van der Waals surface area (Å²) in [5.74, 6) is 0. The lowest BCUT2D eigenvalue weighted by molar-refractivity contribution is 0.176. The molecule has 0 fully saturated rings. The third-order valence-corrected chi connectivity index (χ3v) is 1.08. The van der Waals surface area contributed by atoms with Gasteiger partial charge in [-0.2, -0.15) is 0 Å². The molecule has 0 aromatic carbocycles. The van der Waals surface area contributed by atoms with Gasteiger partial charge in [-0.15, -0.1) is 0 Å². The maximum atomic E-state index is 7.25. The summed E-state index contributed by atoms with van der Waals surface area (Å²) >= 11 is 0. The molecule has 4 heteroatoms. The highest BCUT2D eigenvalue weighted by molar-refractivity contribution is 7.41. The fourth-order valence-corrected chi connectivity index (χ4v) is 0.503. The van der Waals surface area contributed by atoms with E-state index >= 15 is 0 Å². The second kappa shape index (κ2) is 7.42. The molecule has 0 aliphatic rings. The Balaban J connectivity index is 5.70.